The Morgan fingerprint density at radius 2 is 1.13 bits per heavy atom. The summed E-state index contributed by atoms with van der Waals surface area (Å²) in [6, 6.07) is 64.9. The maximum Gasteiger partial charge on any atom is 0.137 e. The number of anilines is 3. The molecule has 3 unspecified atom stereocenters. The molecule has 0 radical (unpaired) electrons. The lowest BCUT2D eigenvalue weighted by molar-refractivity contribution is 0.327. The second-order valence-electron chi connectivity index (χ2n) is 16.1. The molecule has 2 nitrogen and oxygen atoms in total. The molecule has 1 heterocycles. The summed E-state index contributed by atoms with van der Waals surface area (Å²) in [7, 11) is 0. The molecular weight excluding hydrogens is 667 g/mol. The van der Waals surface area contributed by atoms with E-state index in [4.69, 9.17) is 4.42 Å². The lowest BCUT2D eigenvalue weighted by Gasteiger charge is -2.36. The molecule has 0 amide bonds. The van der Waals surface area contributed by atoms with Gasteiger partial charge in [0.2, 0.25) is 0 Å². The predicted molar refractivity (Wildman–Crippen MR) is 228 cm³/mol. The second-order valence-corrected chi connectivity index (χ2v) is 16.1. The van der Waals surface area contributed by atoms with E-state index in [1.54, 1.807) is 11.1 Å². The molecule has 55 heavy (non-hydrogen) atoms. The van der Waals surface area contributed by atoms with Gasteiger partial charge in [0.15, 0.2) is 0 Å². The standard InChI is InChI=1S/C53H39NO/c1-2-10-35(11-3-1)36-19-23-39(24-20-36)54(40-25-27-47-46-15-7-9-17-51(46)55-52(47)32-40)50-29-28-41(42-12-4-5-14-45(42)50)37-21-26-44-43-13-6-8-16-48(43)53(49(44)31-37)33-34-18-22-38(53)30-34/h1-17,19-21,23-29,31-32,34,38H,18,22,30,33H2. The van der Waals surface area contributed by atoms with Crippen molar-refractivity contribution < 1.29 is 4.42 Å². The number of para-hydroxylation sites is 1. The quantitative estimate of drug-likeness (QED) is 0.177. The van der Waals surface area contributed by atoms with E-state index >= 15 is 0 Å². The van der Waals surface area contributed by atoms with Crippen molar-refractivity contribution in [2.45, 2.75) is 31.1 Å². The minimum Gasteiger partial charge on any atom is -0.456 e. The maximum atomic E-state index is 6.45. The molecule has 8 aromatic carbocycles. The van der Waals surface area contributed by atoms with Crippen LogP contribution in [-0.4, -0.2) is 0 Å². The Morgan fingerprint density at radius 3 is 1.96 bits per heavy atom. The van der Waals surface area contributed by atoms with Crippen molar-refractivity contribution >= 4 is 49.8 Å². The lowest BCUT2D eigenvalue weighted by Crippen LogP contribution is -2.31. The molecule has 0 saturated heterocycles. The normalized spacial score (nSPS) is 19.4. The van der Waals surface area contributed by atoms with Gasteiger partial charge in [0.25, 0.3) is 0 Å². The van der Waals surface area contributed by atoms with Crippen molar-refractivity contribution in [3.63, 3.8) is 0 Å². The molecule has 2 heteroatoms. The van der Waals surface area contributed by atoms with Crippen molar-refractivity contribution in [3.05, 3.63) is 187 Å². The van der Waals surface area contributed by atoms with Crippen LogP contribution in [0.15, 0.2) is 180 Å². The lowest BCUT2D eigenvalue weighted by atomic mass is 9.66. The minimum absolute atomic E-state index is 0.151. The molecule has 3 atom stereocenters. The Hall–Kier alpha value is -6.38. The number of furan rings is 1. The number of rotatable bonds is 5. The Morgan fingerprint density at radius 1 is 0.455 bits per heavy atom. The number of hydrogen-bond acceptors (Lipinski definition) is 2. The average Bonchev–Trinajstić information content (AvgIpc) is 4.03. The molecule has 262 valence electrons. The van der Waals surface area contributed by atoms with Gasteiger partial charge in [-0.2, -0.15) is 0 Å². The topological polar surface area (TPSA) is 16.4 Å². The fourth-order valence-corrected chi connectivity index (χ4v) is 11.0. The highest BCUT2D eigenvalue weighted by molar-refractivity contribution is 6.09. The molecule has 1 aromatic heterocycles. The number of hydrogen-bond donors (Lipinski definition) is 0. The van der Waals surface area contributed by atoms with Crippen LogP contribution in [0.3, 0.4) is 0 Å². The predicted octanol–water partition coefficient (Wildman–Crippen LogP) is 14.6. The van der Waals surface area contributed by atoms with Crippen LogP contribution in [0.25, 0.3) is 66.1 Å². The van der Waals surface area contributed by atoms with E-state index in [2.05, 4.69) is 175 Å². The maximum absolute atomic E-state index is 6.45. The van der Waals surface area contributed by atoms with E-state index in [1.807, 2.05) is 6.07 Å². The van der Waals surface area contributed by atoms with E-state index in [1.165, 1.54) is 69.8 Å². The Balaban J connectivity index is 1.03. The van der Waals surface area contributed by atoms with Gasteiger partial charge in [-0.1, -0.05) is 134 Å². The molecule has 2 saturated carbocycles. The summed E-state index contributed by atoms with van der Waals surface area (Å²) in [5, 5.41) is 4.75. The molecule has 9 aromatic rings. The molecule has 12 rings (SSSR count). The van der Waals surface area contributed by atoms with Gasteiger partial charge in [-0.05, 0) is 123 Å². The summed E-state index contributed by atoms with van der Waals surface area (Å²) < 4.78 is 6.45. The summed E-state index contributed by atoms with van der Waals surface area (Å²) in [5.74, 6) is 1.58. The van der Waals surface area contributed by atoms with Crippen molar-refractivity contribution in [1.82, 2.24) is 0 Å². The second kappa shape index (κ2) is 11.8. The van der Waals surface area contributed by atoms with Crippen LogP contribution < -0.4 is 4.90 Å². The van der Waals surface area contributed by atoms with Gasteiger partial charge in [-0.15, -0.1) is 0 Å². The van der Waals surface area contributed by atoms with Crippen LogP contribution in [0, 0.1) is 11.8 Å². The third-order valence-corrected chi connectivity index (χ3v) is 13.4. The summed E-state index contributed by atoms with van der Waals surface area (Å²) >= 11 is 0. The van der Waals surface area contributed by atoms with E-state index < -0.39 is 0 Å². The van der Waals surface area contributed by atoms with Gasteiger partial charge in [-0.3, -0.25) is 0 Å². The minimum atomic E-state index is 0.151. The highest BCUT2D eigenvalue weighted by atomic mass is 16.3. The molecule has 1 spiro atoms. The van der Waals surface area contributed by atoms with E-state index in [9.17, 15) is 0 Å². The third-order valence-electron chi connectivity index (χ3n) is 13.4. The molecule has 0 aliphatic heterocycles. The first-order chi connectivity index (χ1) is 27.2. The van der Waals surface area contributed by atoms with Crippen LogP contribution in [0.1, 0.15) is 36.8 Å². The summed E-state index contributed by atoms with van der Waals surface area (Å²) in [5.41, 5.74) is 16.3. The van der Waals surface area contributed by atoms with Crippen LogP contribution >= 0.6 is 0 Å². The van der Waals surface area contributed by atoms with Gasteiger partial charge in [0.1, 0.15) is 11.2 Å². The fourth-order valence-electron chi connectivity index (χ4n) is 11.0. The van der Waals surface area contributed by atoms with E-state index in [0.29, 0.717) is 0 Å². The number of benzene rings is 8. The van der Waals surface area contributed by atoms with Crippen LogP contribution in [-0.2, 0) is 5.41 Å². The van der Waals surface area contributed by atoms with Crippen LogP contribution in [0.2, 0.25) is 0 Å². The van der Waals surface area contributed by atoms with Gasteiger partial charge in [0, 0.05) is 39.0 Å². The van der Waals surface area contributed by atoms with Gasteiger partial charge in [0.05, 0.1) is 5.69 Å². The summed E-state index contributed by atoms with van der Waals surface area (Å²) in [6.45, 7) is 0. The van der Waals surface area contributed by atoms with Crippen molar-refractivity contribution in [1.29, 1.82) is 0 Å². The monoisotopic (exact) mass is 705 g/mol. The largest absolute Gasteiger partial charge is 0.456 e. The first kappa shape index (κ1) is 31.0. The molecule has 3 aliphatic rings. The molecule has 3 aliphatic carbocycles. The zero-order chi connectivity index (χ0) is 36.1. The Kier molecular flexibility index (Phi) is 6.66. The molecule has 2 fully saturated rings. The summed E-state index contributed by atoms with van der Waals surface area (Å²) in [4.78, 5) is 2.40. The first-order valence-corrected chi connectivity index (χ1v) is 19.9. The zero-order valence-electron chi connectivity index (χ0n) is 30.6. The fraction of sp³-hybridized carbons (Fsp3) is 0.132. The van der Waals surface area contributed by atoms with Crippen molar-refractivity contribution in [2.24, 2.45) is 11.8 Å². The van der Waals surface area contributed by atoms with Crippen LogP contribution in [0.5, 0.6) is 0 Å². The van der Waals surface area contributed by atoms with E-state index in [0.717, 1.165) is 50.8 Å². The number of nitrogens with zero attached hydrogens (tertiary/aromatic N) is 1. The molecule has 0 N–H and O–H groups in total. The molecule has 2 bridgehead atoms. The Labute approximate surface area is 321 Å². The zero-order valence-corrected chi connectivity index (χ0v) is 30.6. The first-order valence-electron chi connectivity index (χ1n) is 19.9. The summed E-state index contributed by atoms with van der Waals surface area (Å²) in [6.07, 6.45) is 5.41. The highest BCUT2D eigenvalue weighted by Crippen LogP contribution is 2.66. The Bertz CT molecular complexity index is 2960. The average molecular weight is 706 g/mol. The third kappa shape index (κ3) is 4.55. The van der Waals surface area contributed by atoms with Crippen LogP contribution in [0.4, 0.5) is 17.1 Å². The smallest absolute Gasteiger partial charge is 0.137 e. The van der Waals surface area contributed by atoms with Crippen molar-refractivity contribution in [3.8, 4) is 33.4 Å². The van der Waals surface area contributed by atoms with Gasteiger partial charge >= 0.3 is 0 Å². The van der Waals surface area contributed by atoms with Crippen molar-refractivity contribution in [2.75, 3.05) is 4.90 Å². The van der Waals surface area contributed by atoms with Gasteiger partial charge in [-0.25, -0.2) is 0 Å². The highest BCUT2D eigenvalue weighted by Gasteiger charge is 2.56. The molecular formula is C53H39NO. The van der Waals surface area contributed by atoms with E-state index in [-0.39, 0.29) is 5.41 Å². The van der Waals surface area contributed by atoms with Gasteiger partial charge < -0.3 is 9.32 Å². The number of fused-ring (bicyclic) bond motifs is 12. The SMILES string of the molecule is c1ccc(-c2ccc(N(c3ccc4c(c3)oc3ccccc34)c3ccc(-c4ccc5c(c4)C4(CC6CCC4C6)c4ccccc4-5)c4ccccc34)cc2)cc1.